The summed E-state index contributed by atoms with van der Waals surface area (Å²) in [7, 11) is 0. The molecule has 1 atom stereocenters. The number of fused-ring (bicyclic) bond motifs is 1. The van der Waals surface area contributed by atoms with E-state index in [9.17, 15) is 9.59 Å². The lowest BCUT2D eigenvalue weighted by molar-refractivity contribution is -0.133. The second-order valence-electron chi connectivity index (χ2n) is 16.8. The number of amides is 2. The van der Waals surface area contributed by atoms with Gasteiger partial charge >= 0.3 is 0 Å². The van der Waals surface area contributed by atoms with Gasteiger partial charge in [0.2, 0.25) is 11.8 Å². The number of anilines is 2. The summed E-state index contributed by atoms with van der Waals surface area (Å²) in [5.41, 5.74) is 11.4. The van der Waals surface area contributed by atoms with Crippen molar-refractivity contribution in [1.82, 2.24) is 39.8 Å². The Hall–Kier alpha value is -5.37. The van der Waals surface area contributed by atoms with Crippen LogP contribution in [0.5, 0.6) is 11.5 Å². The average molecular weight is 797 g/mol. The number of carbonyl (C=O) groups excluding carboxylic acids is 2. The van der Waals surface area contributed by atoms with E-state index in [0.717, 1.165) is 78.5 Å². The molecule has 59 heavy (non-hydrogen) atoms. The Morgan fingerprint density at radius 3 is 2.08 bits per heavy atom. The molecule has 4 saturated heterocycles. The maximum Gasteiger partial charge on any atom is 0.249 e. The maximum absolute atomic E-state index is 12.1. The highest BCUT2D eigenvalue weighted by atomic mass is 16.5. The van der Waals surface area contributed by atoms with Crippen molar-refractivity contribution in [1.29, 1.82) is 0 Å². The summed E-state index contributed by atoms with van der Waals surface area (Å²) in [6.07, 6.45) is 10.6. The quantitative estimate of drug-likeness (QED) is 0.120. The normalized spacial score (nSPS) is 20.8. The summed E-state index contributed by atoms with van der Waals surface area (Å²) in [5.74, 6) is 2.18. The molecule has 13 nitrogen and oxygen atoms in total. The van der Waals surface area contributed by atoms with E-state index in [1.165, 1.54) is 63.8 Å². The predicted octanol–water partition coefficient (Wildman–Crippen LogP) is 6.46. The molecule has 13 heteroatoms. The van der Waals surface area contributed by atoms with Gasteiger partial charge < -0.3 is 30.5 Å². The second-order valence-corrected chi connectivity index (χ2v) is 16.8. The van der Waals surface area contributed by atoms with Crippen LogP contribution >= 0.6 is 0 Å². The SMILES string of the molecule is Nc1ncnc2c1c(-c1ccc(Oc3ccccc3)cc1)nn2C1CCN(C2CCN(CCCN3CCC(c4ccc(NC5CCC(=O)NC5=O)cc4)CC3)CC2)CC1. The largest absolute Gasteiger partial charge is 0.457 e. The van der Waals surface area contributed by atoms with Crippen LogP contribution in [0.15, 0.2) is 85.2 Å². The lowest BCUT2D eigenvalue weighted by Gasteiger charge is -2.42. The van der Waals surface area contributed by atoms with Gasteiger partial charge in [0.05, 0.1) is 11.4 Å². The number of hydrogen-bond donors (Lipinski definition) is 3. The number of nitrogens with one attached hydrogen (secondary N) is 2. The highest BCUT2D eigenvalue weighted by Gasteiger charge is 2.31. The van der Waals surface area contributed by atoms with Crippen LogP contribution in [-0.4, -0.2) is 111 Å². The van der Waals surface area contributed by atoms with Crippen LogP contribution in [0.25, 0.3) is 22.3 Å². The maximum atomic E-state index is 12.1. The van der Waals surface area contributed by atoms with Crippen molar-refractivity contribution in [2.45, 2.75) is 81.8 Å². The lowest BCUT2D eigenvalue weighted by atomic mass is 9.89. The molecule has 6 heterocycles. The number of imide groups is 1. The number of piperidine rings is 4. The van der Waals surface area contributed by atoms with Crippen molar-refractivity contribution in [3.8, 4) is 22.8 Å². The number of nitrogen functional groups attached to an aromatic ring is 1. The van der Waals surface area contributed by atoms with E-state index >= 15 is 0 Å². The Bertz CT molecular complexity index is 2190. The van der Waals surface area contributed by atoms with E-state index in [4.69, 9.17) is 15.6 Å². The molecular weight excluding hydrogens is 741 g/mol. The summed E-state index contributed by atoms with van der Waals surface area (Å²) >= 11 is 0. The Morgan fingerprint density at radius 2 is 1.39 bits per heavy atom. The van der Waals surface area contributed by atoms with Crippen molar-refractivity contribution in [3.63, 3.8) is 0 Å². The third kappa shape index (κ3) is 9.12. The molecule has 0 spiro atoms. The number of benzene rings is 3. The molecule has 2 aromatic heterocycles. The minimum atomic E-state index is -0.349. The van der Waals surface area contributed by atoms with E-state index in [0.29, 0.717) is 30.6 Å². The molecule has 9 rings (SSSR count). The third-order valence-electron chi connectivity index (χ3n) is 13.0. The van der Waals surface area contributed by atoms with Crippen LogP contribution in [-0.2, 0) is 9.59 Å². The fraction of sp³-hybridized carbons (Fsp3) is 0.457. The number of aromatic nitrogens is 4. The molecule has 0 bridgehead atoms. The van der Waals surface area contributed by atoms with Gasteiger partial charge in [0, 0.05) is 36.8 Å². The van der Waals surface area contributed by atoms with Crippen molar-refractivity contribution in [3.05, 3.63) is 90.8 Å². The first-order valence-corrected chi connectivity index (χ1v) is 21.6. The van der Waals surface area contributed by atoms with Crippen LogP contribution < -0.4 is 21.1 Å². The number of nitrogens with zero attached hydrogens (tertiary/aromatic N) is 7. The molecule has 308 valence electrons. The van der Waals surface area contributed by atoms with E-state index in [2.05, 4.69) is 64.2 Å². The minimum absolute atomic E-state index is 0.187. The van der Waals surface area contributed by atoms with Crippen molar-refractivity contribution < 1.29 is 14.3 Å². The summed E-state index contributed by atoms with van der Waals surface area (Å²) in [4.78, 5) is 40.7. The van der Waals surface area contributed by atoms with Crippen molar-refractivity contribution in [2.24, 2.45) is 0 Å². The molecule has 5 aromatic rings. The summed E-state index contributed by atoms with van der Waals surface area (Å²) < 4.78 is 8.14. The van der Waals surface area contributed by atoms with Crippen LogP contribution in [0.4, 0.5) is 11.5 Å². The summed E-state index contributed by atoms with van der Waals surface area (Å²) in [5, 5.41) is 11.7. The van der Waals surface area contributed by atoms with Crippen molar-refractivity contribution >= 4 is 34.4 Å². The molecule has 4 aliphatic heterocycles. The summed E-state index contributed by atoms with van der Waals surface area (Å²) in [6.45, 7) is 9.13. The second kappa shape index (κ2) is 17.9. The smallest absolute Gasteiger partial charge is 0.249 e. The number of rotatable bonds is 12. The first kappa shape index (κ1) is 39.1. The molecular formula is C46H56N10O3. The number of ether oxygens (including phenoxy) is 1. The van der Waals surface area contributed by atoms with Gasteiger partial charge in [-0.2, -0.15) is 5.10 Å². The number of para-hydroxylation sites is 1. The third-order valence-corrected chi connectivity index (χ3v) is 13.0. The zero-order valence-corrected chi connectivity index (χ0v) is 33.8. The number of nitrogens with two attached hydrogens (primary N) is 1. The molecule has 2 amide bonds. The fourth-order valence-corrected chi connectivity index (χ4v) is 9.65. The van der Waals surface area contributed by atoms with Gasteiger partial charge in [-0.1, -0.05) is 30.3 Å². The Balaban J connectivity index is 0.702. The number of likely N-dealkylation sites (tertiary alicyclic amines) is 3. The number of carbonyl (C=O) groups is 2. The van der Waals surface area contributed by atoms with Crippen LogP contribution in [0, 0.1) is 0 Å². The first-order valence-electron chi connectivity index (χ1n) is 21.6. The molecule has 0 saturated carbocycles. The van der Waals surface area contributed by atoms with Gasteiger partial charge in [0.25, 0.3) is 0 Å². The number of hydrogen-bond acceptors (Lipinski definition) is 11. The molecule has 4 aliphatic rings. The predicted molar refractivity (Wildman–Crippen MR) is 230 cm³/mol. The Morgan fingerprint density at radius 1 is 0.729 bits per heavy atom. The summed E-state index contributed by atoms with van der Waals surface area (Å²) in [6, 6.07) is 26.9. The van der Waals surface area contributed by atoms with Crippen molar-refractivity contribution in [2.75, 3.05) is 63.4 Å². The van der Waals surface area contributed by atoms with Gasteiger partial charge in [-0.15, -0.1) is 0 Å². The van der Waals surface area contributed by atoms with Gasteiger partial charge in [-0.05, 0) is 151 Å². The topological polar surface area (TPSA) is 147 Å². The highest BCUT2D eigenvalue weighted by Crippen LogP contribution is 2.36. The fourth-order valence-electron chi connectivity index (χ4n) is 9.65. The zero-order chi connectivity index (χ0) is 40.1. The van der Waals surface area contributed by atoms with Gasteiger partial charge in [0.15, 0.2) is 5.65 Å². The lowest BCUT2D eigenvalue weighted by Crippen LogP contribution is -2.48. The van der Waals surface area contributed by atoms with Crippen LogP contribution in [0.1, 0.15) is 75.3 Å². The van der Waals surface area contributed by atoms with E-state index in [1.54, 1.807) is 6.33 Å². The zero-order valence-electron chi connectivity index (χ0n) is 33.8. The van der Waals surface area contributed by atoms with E-state index in [1.807, 2.05) is 54.6 Å². The molecule has 3 aromatic carbocycles. The van der Waals surface area contributed by atoms with Gasteiger partial charge in [-0.25, -0.2) is 14.6 Å². The molecule has 4 N–H and O–H groups in total. The first-order chi connectivity index (χ1) is 28.9. The van der Waals surface area contributed by atoms with Crippen LogP contribution in [0.3, 0.4) is 0 Å². The van der Waals surface area contributed by atoms with E-state index in [-0.39, 0.29) is 23.9 Å². The minimum Gasteiger partial charge on any atom is -0.457 e. The molecule has 0 aliphatic carbocycles. The Labute approximate surface area is 346 Å². The molecule has 4 fully saturated rings. The standard InChI is InChI=1S/C46H56N10O3/c47-44-42-43(34-9-13-39(14-10-34)59-38-5-2-1-3-6-38)52-56(45(42)49-31-48-44)37-21-29-55(30-22-37)36-19-27-54(28-20-36)24-4-23-53-25-17-33(18-26-53)32-7-11-35(12-8-32)50-40-15-16-41(57)51-46(40)58/h1-3,5-14,31,33,36-37,40,50H,4,15-30H2,(H2,47,48,49)(H,51,57,58). The highest BCUT2D eigenvalue weighted by molar-refractivity contribution is 6.01. The van der Waals surface area contributed by atoms with Gasteiger partial charge in [0.1, 0.15) is 35.4 Å². The average Bonchev–Trinajstić information content (AvgIpc) is 3.67. The van der Waals surface area contributed by atoms with E-state index < -0.39 is 0 Å². The monoisotopic (exact) mass is 796 g/mol. The molecule has 1 unspecified atom stereocenters. The molecule has 0 radical (unpaired) electrons. The van der Waals surface area contributed by atoms with Gasteiger partial charge in [-0.3, -0.25) is 14.9 Å². The Kier molecular flexibility index (Phi) is 11.8. The van der Waals surface area contributed by atoms with Crippen LogP contribution in [0.2, 0.25) is 0 Å².